The highest BCUT2D eigenvalue weighted by Crippen LogP contribution is 2.37. The Balaban J connectivity index is 1.75. The number of hydrogen-bond acceptors (Lipinski definition) is 4. The zero-order chi connectivity index (χ0) is 19.0. The van der Waals surface area contributed by atoms with Gasteiger partial charge in [0.15, 0.2) is 0 Å². The summed E-state index contributed by atoms with van der Waals surface area (Å²) in [5.74, 6) is 0. The van der Waals surface area contributed by atoms with Crippen LogP contribution in [-0.4, -0.2) is 34.6 Å². The van der Waals surface area contributed by atoms with Crippen LogP contribution >= 0.6 is 23.2 Å². The second-order valence-electron chi connectivity index (χ2n) is 6.56. The first kappa shape index (κ1) is 18.8. The molecule has 2 aromatic rings. The first-order valence-electron chi connectivity index (χ1n) is 8.75. The molecule has 2 N–H and O–H groups in total. The Morgan fingerprint density at radius 3 is 2.48 bits per heavy atom. The van der Waals surface area contributed by atoms with Gasteiger partial charge in [-0.25, -0.2) is 0 Å². The SMILES string of the molecule is O=S1(=O)NCc2c(N3CCNCC3)cccc2N1Cc1cccc(Cl)c1Cl. The van der Waals surface area contributed by atoms with Gasteiger partial charge in [0.25, 0.3) is 0 Å². The minimum absolute atomic E-state index is 0.118. The average Bonchev–Trinajstić information content (AvgIpc) is 2.67. The van der Waals surface area contributed by atoms with Crippen LogP contribution in [-0.2, 0) is 23.3 Å². The van der Waals surface area contributed by atoms with E-state index < -0.39 is 10.2 Å². The van der Waals surface area contributed by atoms with Crippen LogP contribution in [0.1, 0.15) is 11.1 Å². The molecule has 27 heavy (non-hydrogen) atoms. The predicted molar refractivity (Wildman–Crippen MR) is 110 cm³/mol. The summed E-state index contributed by atoms with van der Waals surface area (Å²) in [6.07, 6.45) is 0. The Morgan fingerprint density at radius 1 is 1.00 bits per heavy atom. The predicted octanol–water partition coefficient (Wildman–Crippen LogP) is 2.76. The fourth-order valence-electron chi connectivity index (χ4n) is 3.55. The van der Waals surface area contributed by atoms with Gasteiger partial charge in [0.05, 0.1) is 22.3 Å². The van der Waals surface area contributed by atoms with Gasteiger partial charge >= 0.3 is 10.2 Å². The number of anilines is 2. The van der Waals surface area contributed by atoms with Crippen LogP contribution in [0.5, 0.6) is 0 Å². The Morgan fingerprint density at radius 2 is 1.70 bits per heavy atom. The Hall–Kier alpha value is -1.51. The van der Waals surface area contributed by atoms with Crippen molar-refractivity contribution in [1.82, 2.24) is 10.0 Å². The molecule has 0 spiro atoms. The Labute approximate surface area is 169 Å². The number of benzene rings is 2. The van der Waals surface area contributed by atoms with Gasteiger partial charge in [-0.1, -0.05) is 41.4 Å². The highest BCUT2D eigenvalue weighted by Gasteiger charge is 2.32. The van der Waals surface area contributed by atoms with E-state index in [0.717, 1.165) is 37.4 Å². The monoisotopic (exact) mass is 426 g/mol. The molecule has 0 saturated carbocycles. The minimum Gasteiger partial charge on any atom is -0.369 e. The highest BCUT2D eigenvalue weighted by atomic mass is 35.5. The molecule has 1 saturated heterocycles. The standard InChI is InChI=1S/C18H20Cl2N4O2S/c19-15-4-1-3-13(18(15)20)12-24-17-6-2-5-16(23-9-7-21-8-10-23)14(17)11-22-27(24,25)26/h1-6,21-22H,7-12H2. The number of fused-ring (bicyclic) bond motifs is 1. The minimum atomic E-state index is -3.66. The summed E-state index contributed by atoms with van der Waals surface area (Å²) in [5, 5.41) is 4.12. The largest absolute Gasteiger partial charge is 0.369 e. The Kier molecular flexibility index (Phi) is 5.22. The summed E-state index contributed by atoms with van der Waals surface area (Å²) in [7, 11) is -3.66. The maximum Gasteiger partial charge on any atom is 0.302 e. The third-order valence-electron chi connectivity index (χ3n) is 4.92. The van der Waals surface area contributed by atoms with Crippen molar-refractivity contribution in [3.8, 4) is 0 Å². The average molecular weight is 427 g/mol. The number of nitrogens with one attached hydrogen (secondary N) is 2. The zero-order valence-corrected chi connectivity index (χ0v) is 16.9. The van der Waals surface area contributed by atoms with Crippen molar-refractivity contribution in [2.45, 2.75) is 13.1 Å². The van der Waals surface area contributed by atoms with E-state index in [1.165, 1.54) is 4.31 Å². The molecule has 0 radical (unpaired) electrons. The lowest BCUT2D eigenvalue weighted by Gasteiger charge is -2.36. The van der Waals surface area contributed by atoms with E-state index in [2.05, 4.69) is 14.9 Å². The first-order chi connectivity index (χ1) is 13.0. The van der Waals surface area contributed by atoms with E-state index in [0.29, 0.717) is 21.3 Å². The van der Waals surface area contributed by atoms with Gasteiger partial charge in [-0.05, 0) is 23.8 Å². The van der Waals surface area contributed by atoms with Crippen LogP contribution in [0.15, 0.2) is 36.4 Å². The maximum absolute atomic E-state index is 12.7. The van der Waals surface area contributed by atoms with E-state index in [1.54, 1.807) is 18.2 Å². The van der Waals surface area contributed by atoms with Crippen molar-refractivity contribution < 1.29 is 8.42 Å². The smallest absolute Gasteiger partial charge is 0.302 e. The first-order valence-corrected chi connectivity index (χ1v) is 10.9. The van der Waals surface area contributed by atoms with Crippen molar-refractivity contribution in [2.24, 2.45) is 0 Å². The van der Waals surface area contributed by atoms with Crippen molar-refractivity contribution >= 4 is 44.8 Å². The summed E-state index contributed by atoms with van der Waals surface area (Å²) < 4.78 is 29.5. The summed E-state index contributed by atoms with van der Waals surface area (Å²) in [6.45, 7) is 4.01. The van der Waals surface area contributed by atoms with E-state index in [-0.39, 0.29) is 13.1 Å². The van der Waals surface area contributed by atoms with Gasteiger partial charge in [0, 0.05) is 44.0 Å². The number of hydrogen-bond donors (Lipinski definition) is 2. The molecule has 2 aliphatic heterocycles. The normalized spacial score (nSPS) is 19.0. The topological polar surface area (TPSA) is 64.7 Å². The molecule has 0 aromatic heterocycles. The molecule has 1 fully saturated rings. The lowest BCUT2D eigenvalue weighted by molar-refractivity contribution is 0.568. The number of rotatable bonds is 3. The molecule has 0 aliphatic carbocycles. The van der Waals surface area contributed by atoms with Gasteiger partial charge in [-0.2, -0.15) is 13.1 Å². The summed E-state index contributed by atoms with van der Waals surface area (Å²) in [5.41, 5.74) is 3.39. The maximum atomic E-state index is 12.7. The molecule has 0 bridgehead atoms. The molecule has 2 aromatic carbocycles. The number of halogens is 2. The van der Waals surface area contributed by atoms with Crippen LogP contribution in [0.2, 0.25) is 10.0 Å². The van der Waals surface area contributed by atoms with Gasteiger partial charge in [-0.3, -0.25) is 4.31 Å². The summed E-state index contributed by atoms with van der Waals surface area (Å²) >= 11 is 12.4. The molecule has 4 rings (SSSR count). The van der Waals surface area contributed by atoms with E-state index in [9.17, 15) is 8.42 Å². The van der Waals surface area contributed by atoms with Gasteiger partial charge < -0.3 is 10.2 Å². The van der Waals surface area contributed by atoms with Crippen molar-refractivity contribution in [2.75, 3.05) is 35.4 Å². The molecule has 0 unspecified atom stereocenters. The fourth-order valence-corrected chi connectivity index (χ4v) is 5.15. The molecule has 144 valence electrons. The number of piperazine rings is 1. The van der Waals surface area contributed by atoms with Crippen LogP contribution in [0, 0.1) is 0 Å². The second kappa shape index (κ2) is 7.48. The lowest BCUT2D eigenvalue weighted by Crippen LogP contribution is -2.47. The van der Waals surface area contributed by atoms with Gasteiger partial charge in [0.2, 0.25) is 0 Å². The third-order valence-corrected chi connectivity index (χ3v) is 7.19. The molecule has 2 aliphatic rings. The van der Waals surface area contributed by atoms with E-state index >= 15 is 0 Å². The van der Waals surface area contributed by atoms with Crippen molar-refractivity contribution in [1.29, 1.82) is 0 Å². The summed E-state index contributed by atoms with van der Waals surface area (Å²) in [6, 6.07) is 11.0. The zero-order valence-electron chi connectivity index (χ0n) is 14.6. The molecule has 2 heterocycles. The third kappa shape index (κ3) is 3.62. The van der Waals surface area contributed by atoms with Crippen LogP contribution in [0.25, 0.3) is 0 Å². The van der Waals surface area contributed by atoms with Gasteiger partial charge in [0.1, 0.15) is 0 Å². The lowest BCUT2D eigenvalue weighted by atomic mass is 10.1. The van der Waals surface area contributed by atoms with Crippen LogP contribution in [0.3, 0.4) is 0 Å². The molecule has 6 nitrogen and oxygen atoms in total. The number of nitrogens with zero attached hydrogens (tertiary/aromatic N) is 2. The molecule has 9 heteroatoms. The second-order valence-corrected chi connectivity index (χ2v) is 9.02. The fraction of sp³-hybridized carbons (Fsp3) is 0.333. The van der Waals surface area contributed by atoms with Crippen molar-refractivity contribution in [3.05, 3.63) is 57.6 Å². The molecule has 0 atom stereocenters. The van der Waals surface area contributed by atoms with Crippen LogP contribution < -0.4 is 19.2 Å². The summed E-state index contributed by atoms with van der Waals surface area (Å²) in [4.78, 5) is 2.29. The van der Waals surface area contributed by atoms with E-state index in [4.69, 9.17) is 23.2 Å². The van der Waals surface area contributed by atoms with Crippen molar-refractivity contribution in [3.63, 3.8) is 0 Å². The van der Waals surface area contributed by atoms with Gasteiger partial charge in [-0.15, -0.1) is 0 Å². The van der Waals surface area contributed by atoms with Crippen LogP contribution in [0.4, 0.5) is 11.4 Å². The highest BCUT2D eigenvalue weighted by molar-refractivity contribution is 7.90. The Bertz CT molecular complexity index is 962. The molecule has 0 amide bonds. The van der Waals surface area contributed by atoms with E-state index in [1.807, 2.05) is 18.2 Å². The quantitative estimate of drug-likeness (QED) is 0.791. The molecular formula is C18H20Cl2N4O2S. The molecular weight excluding hydrogens is 407 g/mol.